The number of hydrogen-bond donors (Lipinski definition) is 2. The van der Waals surface area contributed by atoms with Gasteiger partial charge in [-0.1, -0.05) is 23.7 Å². The first-order valence-electron chi connectivity index (χ1n) is 4.25. The van der Waals surface area contributed by atoms with E-state index in [1.807, 2.05) is 0 Å². The molecule has 1 atom stereocenters. The number of carboxylic acid groups (broad SMARTS) is 1. The molecule has 0 bridgehead atoms. The molecular weight excluding hydrogens is 218 g/mol. The molecule has 1 unspecified atom stereocenters. The zero-order valence-corrected chi connectivity index (χ0v) is 9.36. The Bertz CT molecular complexity index is 315. The lowest BCUT2D eigenvalue weighted by Crippen LogP contribution is -2.15. The van der Waals surface area contributed by atoms with E-state index in [4.69, 9.17) is 22.4 Å². The van der Waals surface area contributed by atoms with Crippen molar-refractivity contribution < 1.29 is 14.6 Å². The van der Waals surface area contributed by atoms with Gasteiger partial charge in [-0.2, -0.15) is 0 Å². The van der Waals surface area contributed by atoms with Gasteiger partial charge in [0.15, 0.2) is 0 Å². The molecule has 15 heavy (non-hydrogen) atoms. The maximum absolute atomic E-state index is 10.3. The minimum atomic E-state index is -0.995. The van der Waals surface area contributed by atoms with Crippen LogP contribution in [0.3, 0.4) is 0 Å². The van der Waals surface area contributed by atoms with E-state index in [0.717, 1.165) is 0 Å². The van der Waals surface area contributed by atoms with Crippen LogP contribution in [0, 0.1) is 0 Å². The van der Waals surface area contributed by atoms with Crippen LogP contribution >= 0.6 is 11.6 Å². The quantitative estimate of drug-likeness (QED) is 0.764. The highest BCUT2D eigenvalue weighted by atomic mass is 35.5. The van der Waals surface area contributed by atoms with Crippen LogP contribution in [0.2, 0.25) is 5.02 Å². The first-order valence-corrected chi connectivity index (χ1v) is 4.63. The summed E-state index contributed by atoms with van der Waals surface area (Å²) in [5.41, 5.74) is 5.21. The monoisotopic (exact) mass is 231 g/mol. The third-order valence-electron chi connectivity index (χ3n) is 1.48. The molecule has 0 amide bonds. The second kappa shape index (κ2) is 7.23. The van der Waals surface area contributed by atoms with E-state index in [1.54, 1.807) is 32.2 Å². The van der Waals surface area contributed by atoms with E-state index in [9.17, 15) is 4.79 Å². The number of benzene rings is 1. The summed E-state index contributed by atoms with van der Waals surface area (Å²) in [6.45, 7) is 1.78. The van der Waals surface area contributed by atoms with Crippen molar-refractivity contribution in [3.05, 3.63) is 34.9 Å². The van der Waals surface area contributed by atoms with E-state index in [2.05, 4.69) is 4.74 Å². The van der Waals surface area contributed by atoms with Crippen LogP contribution in [0.15, 0.2) is 24.3 Å². The molecular formula is C10H14ClNO3. The van der Waals surface area contributed by atoms with Crippen molar-refractivity contribution in [3.63, 3.8) is 0 Å². The molecule has 1 aromatic rings. The lowest BCUT2D eigenvalue weighted by molar-refractivity contribution is 0.0697. The fourth-order valence-electron chi connectivity index (χ4n) is 0.635. The third kappa shape index (κ3) is 6.06. The summed E-state index contributed by atoms with van der Waals surface area (Å²) in [5, 5.41) is 8.75. The number of halogens is 1. The zero-order chi connectivity index (χ0) is 11.8. The van der Waals surface area contributed by atoms with Gasteiger partial charge in [-0.3, -0.25) is 0 Å². The summed E-state index contributed by atoms with van der Waals surface area (Å²) < 4.78 is 4.53. The van der Waals surface area contributed by atoms with Crippen LogP contribution in [0.1, 0.15) is 17.3 Å². The highest BCUT2D eigenvalue weighted by Crippen LogP contribution is 2.13. The second-order valence-electron chi connectivity index (χ2n) is 2.73. The maximum Gasteiger partial charge on any atom is 0.337 e. The van der Waals surface area contributed by atoms with E-state index < -0.39 is 5.97 Å². The Morgan fingerprint density at radius 2 is 2.00 bits per heavy atom. The van der Waals surface area contributed by atoms with Gasteiger partial charge >= 0.3 is 5.97 Å². The largest absolute Gasteiger partial charge is 0.478 e. The zero-order valence-electron chi connectivity index (χ0n) is 8.61. The molecule has 1 rings (SSSR count). The summed E-state index contributed by atoms with van der Waals surface area (Å²) in [6, 6.07) is 6.33. The van der Waals surface area contributed by atoms with Crippen molar-refractivity contribution in [2.45, 2.75) is 13.2 Å². The lowest BCUT2D eigenvalue weighted by atomic mass is 10.2. The topological polar surface area (TPSA) is 72.5 Å². The highest BCUT2D eigenvalue weighted by Gasteiger charge is 2.04. The highest BCUT2D eigenvalue weighted by molar-refractivity contribution is 6.33. The molecule has 0 saturated heterocycles. The summed E-state index contributed by atoms with van der Waals surface area (Å²) in [6.07, 6.45) is -0.116. The number of hydrogen-bond acceptors (Lipinski definition) is 3. The molecule has 0 aliphatic rings. The standard InChI is InChI=1S/C7H5ClO2.C3H9NO/c8-6-4-2-1-3-5(6)7(9)10;1-3(4)5-2/h1-4H,(H,9,10);3H,4H2,1-2H3. The van der Waals surface area contributed by atoms with Crippen LogP contribution in [0.5, 0.6) is 0 Å². The second-order valence-corrected chi connectivity index (χ2v) is 3.13. The molecule has 3 N–H and O–H groups in total. The molecule has 84 valence electrons. The maximum atomic E-state index is 10.3. The number of nitrogens with two attached hydrogens (primary N) is 1. The number of carboxylic acids is 1. The van der Waals surface area contributed by atoms with Crippen LogP contribution in [0.25, 0.3) is 0 Å². The van der Waals surface area contributed by atoms with Gasteiger partial charge in [-0.25, -0.2) is 4.79 Å². The van der Waals surface area contributed by atoms with Gasteiger partial charge in [-0.05, 0) is 19.1 Å². The van der Waals surface area contributed by atoms with Gasteiger partial charge in [0, 0.05) is 7.11 Å². The van der Waals surface area contributed by atoms with Gasteiger partial charge in [0.25, 0.3) is 0 Å². The van der Waals surface area contributed by atoms with Gasteiger partial charge in [0.05, 0.1) is 10.6 Å². The Labute approximate surface area is 93.6 Å². The molecule has 0 heterocycles. The number of methoxy groups -OCH3 is 1. The van der Waals surface area contributed by atoms with Gasteiger partial charge < -0.3 is 15.6 Å². The van der Waals surface area contributed by atoms with Gasteiger partial charge in [0.1, 0.15) is 6.23 Å². The van der Waals surface area contributed by atoms with Crippen molar-refractivity contribution in [1.82, 2.24) is 0 Å². The van der Waals surface area contributed by atoms with E-state index in [1.165, 1.54) is 6.07 Å². The van der Waals surface area contributed by atoms with E-state index >= 15 is 0 Å². The van der Waals surface area contributed by atoms with Crippen LogP contribution in [-0.4, -0.2) is 24.4 Å². The van der Waals surface area contributed by atoms with Crippen molar-refractivity contribution >= 4 is 17.6 Å². The Hall–Kier alpha value is -1.10. The first-order chi connectivity index (χ1) is 6.99. The fourth-order valence-corrected chi connectivity index (χ4v) is 0.851. The Balaban J connectivity index is 0.000000336. The summed E-state index contributed by atoms with van der Waals surface area (Å²) >= 11 is 5.54. The van der Waals surface area contributed by atoms with Crippen LogP contribution in [-0.2, 0) is 4.74 Å². The Morgan fingerprint density at radius 1 is 1.53 bits per heavy atom. The normalized spacial score (nSPS) is 11.2. The Kier molecular flexibility index (Phi) is 6.70. The van der Waals surface area contributed by atoms with Gasteiger partial charge in [0.2, 0.25) is 0 Å². The number of rotatable bonds is 2. The minimum absolute atomic E-state index is 0.116. The summed E-state index contributed by atoms with van der Waals surface area (Å²) in [7, 11) is 1.57. The van der Waals surface area contributed by atoms with Crippen molar-refractivity contribution in [1.29, 1.82) is 0 Å². The average molecular weight is 232 g/mol. The van der Waals surface area contributed by atoms with Crippen LogP contribution in [0.4, 0.5) is 0 Å². The lowest BCUT2D eigenvalue weighted by Gasteiger charge is -1.95. The first kappa shape index (κ1) is 13.9. The van der Waals surface area contributed by atoms with Crippen molar-refractivity contribution in [3.8, 4) is 0 Å². The van der Waals surface area contributed by atoms with E-state index in [-0.39, 0.29) is 16.8 Å². The molecule has 5 heteroatoms. The molecule has 0 spiro atoms. The molecule has 0 saturated carbocycles. The van der Waals surface area contributed by atoms with Crippen molar-refractivity contribution in [2.75, 3.05) is 7.11 Å². The molecule has 4 nitrogen and oxygen atoms in total. The molecule has 1 aromatic carbocycles. The van der Waals surface area contributed by atoms with Gasteiger partial charge in [-0.15, -0.1) is 0 Å². The smallest absolute Gasteiger partial charge is 0.337 e. The third-order valence-corrected chi connectivity index (χ3v) is 1.81. The number of ether oxygens (including phenoxy) is 1. The van der Waals surface area contributed by atoms with E-state index in [0.29, 0.717) is 0 Å². The Morgan fingerprint density at radius 3 is 2.27 bits per heavy atom. The summed E-state index contributed by atoms with van der Waals surface area (Å²) in [4.78, 5) is 10.3. The van der Waals surface area contributed by atoms with Crippen molar-refractivity contribution in [2.24, 2.45) is 5.73 Å². The van der Waals surface area contributed by atoms with Crippen LogP contribution < -0.4 is 5.73 Å². The average Bonchev–Trinajstić information content (AvgIpc) is 2.19. The molecule has 0 radical (unpaired) electrons. The minimum Gasteiger partial charge on any atom is -0.478 e. The molecule has 0 aromatic heterocycles. The molecule has 0 aliphatic carbocycles. The predicted molar refractivity (Wildman–Crippen MR) is 59.1 cm³/mol. The molecule has 0 aliphatic heterocycles. The fraction of sp³-hybridized carbons (Fsp3) is 0.300. The summed E-state index contributed by atoms with van der Waals surface area (Å²) in [5.74, 6) is -0.995. The number of aromatic carboxylic acids is 1. The number of carbonyl (C=O) groups is 1. The molecule has 0 fully saturated rings. The SMILES string of the molecule is COC(C)N.O=C(O)c1ccccc1Cl. The predicted octanol–water partition coefficient (Wildman–Crippen LogP) is 1.98.